The number of carboxylic acid groups (broad SMARTS) is 2. The molecular formula is C6H8O5-2. The van der Waals surface area contributed by atoms with E-state index in [1.165, 1.54) is 0 Å². The molecular weight excluding hydrogens is 152 g/mol. The molecule has 0 saturated heterocycles. The van der Waals surface area contributed by atoms with Gasteiger partial charge in [-0.3, -0.25) is 0 Å². The van der Waals surface area contributed by atoms with E-state index in [-0.39, 0.29) is 12.8 Å². The van der Waals surface area contributed by atoms with Gasteiger partial charge in [-0.05, 0) is 12.8 Å². The molecule has 0 amide bonds. The Morgan fingerprint density at radius 2 is 1.82 bits per heavy atom. The number of carbonyl (C=O) groups is 2. The summed E-state index contributed by atoms with van der Waals surface area (Å²) >= 11 is 0. The topological polar surface area (TPSA) is 100 Å². The van der Waals surface area contributed by atoms with Gasteiger partial charge in [-0.25, -0.2) is 0 Å². The summed E-state index contributed by atoms with van der Waals surface area (Å²) in [5.74, 6) is -2.70. The Kier molecular flexibility index (Phi) is 4.21. The van der Waals surface area contributed by atoms with Crippen LogP contribution in [0.5, 0.6) is 0 Å². The third-order valence-electron chi connectivity index (χ3n) is 1.08. The van der Waals surface area contributed by atoms with Crippen molar-refractivity contribution in [2.75, 3.05) is 0 Å². The minimum atomic E-state index is -1.39. The van der Waals surface area contributed by atoms with Gasteiger partial charge in [0.25, 0.3) is 0 Å². The predicted octanol–water partition coefficient (Wildman–Crippen LogP) is -2.98. The summed E-state index contributed by atoms with van der Waals surface area (Å²) in [6.45, 7) is 0. The van der Waals surface area contributed by atoms with Gasteiger partial charge in [0.2, 0.25) is 0 Å². The lowest BCUT2D eigenvalue weighted by molar-refractivity contribution is -0.310. The van der Waals surface area contributed by atoms with Crippen LogP contribution in [0.2, 0.25) is 0 Å². The first-order valence-corrected chi connectivity index (χ1v) is 3.10. The fourth-order valence-corrected chi connectivity index (χ4v) is 0.579. The summed E-state index contributed by atoms with van der Waals surface area (Å²) in [5.41, 5.74) is 0. The van der Waals surface area contributed by atoms with E-state index in [9.17, 15) is 19.8 Å². The van der Waals surface area contributed by atoms with Crippen molar-refractivity contribution < 1.29 is 24.9 Å². The van der Waals surface area contributed by atoms with Crippen molar-refractivity contribution >= 4 is 11.9 Å². The van der Waals surface area contributed by atoms with Gasteiger partial charge in [-0.1, -0.05) is 0 Å². The van der Waals surface area contributed by atoms with Crippen LogP contribution in [0.25, 0.3) is 0 Å². The van der Waals surface area contributed by atoms with Crippen molar-refractivity contribution in [2.45, 2.75) is 25.4 Å². The smallest absolute Gasteiger partial charge is 0.0595 e. The van der Waals surface area contributed by atoms with Crippen molar-refractivity contribution in [1.82, 2.24) is 0 Å². The number of hydrogen-bond donors (Lipinski definition) is 1. The van der Waals surface area contributed by atoms with E-state index in [1.54, 1.807) is 0 Å². The van der Waals surface area contributed by atoms with Gasteiger partial charge in [0.1, 0.15) is 0 Å². The van der Waals surface area contributed by atoms with Crippen LogP contribution in [0.15, 0.2) is 0 Å². The molecule has 1 atom stereocenters. The minimum Gasteiger partial charge on any atom is -0.550 e. The molecule has 1 unspecified atom stereocenters. The number of aliphatic hydroxyl groups is 1. The fourth-order valence-electron chi connectivity index (χ4n) is 0.579. The molecule has 0 aromatic heterocycles. The Labute approximate surface area is 63.3 Å². The molecule has 0 heterocycles. The number of aliphatic hydroxyl groups excluding tert-OH is 1. The van der Waals surface area contributed by atoms with Gasteiger partial charge < -0.3 is 24.9 Å². The van der Waals surface area contributed by atoms with E-state index in [4.69, 9.17) is 5.11 Å². The van der Waals surface area contributed by atoms with E-state index in [0.29, 0.717) is 0 Å². The Balaban J connectivity index is 3.44. The molecule has 5 heteroatoms. The normalized spacial score (nSPS) is 12.5. The van der Waals surface area contributed by atoms with Crippen LogP contribution in [0.3, 0.4) is 0 Å². The van der Waals surface area contributed by atoms with E-state index < -0.39 is 24.5 Å². The lowest BCUT2D eigenvalue weighted by Gasteiger charge is -2.10. The largest absolute Gasteiger partial charge is 0.550 e. The minimum absolute atomic E-state index is 0.115. The van der Waals surface area contributed by atoms with Crippen molar-refractivity contribution in [3.63, 3.8) is 0 Å². The van der Waals surface area contributed by atoms with Crippen LogP contribution in [0, 0.1) is 0 Å². The second kappa shape index (κ2) is 4.68. The Morgan fingerprint density at radius 1 is 1.27 bits per heavy atom. The molecule has 0 aromatic carbocycles. The zero-order valence-electron chi connectivity index (χ0n) is 5.78. The average Bonchev–Trinajstić information content (AvgIpc) is 1.82. The van der Waals surface area contributed by atoms with Crippen LogP contribution >= 0.6 is 0 Å². The highest BCUT2D eigenvalue weighted by Crippen LogP contribution is 1.99. The average molecular weight is 160 g/mol. The van der Waals surface area contributed by atoms with Gasteiger partial charge >= 0.3 is 0 Å². The third-order valence-corrected chi connectivity index (χ3v) is 1.08. The van der Waals surface area contributed by atoms with Gasteiger partial charge in [0.15, 0.2) is 0 Å². The third kappa shape index (κ3) is 6.79. The molecule has 0 rings (SSSR count). The number of carbonyl (C=O) groups excluding carboxylic acids is 2. The lowest BCUT2D eigenvalue weighted by Crippen LogP contribution is -2.29. The van der Waals surface area contributed by atoms with Crippen LogP contribution in [-0.2, 0) is 9.59 Å². The maximum absolute atomic E-state index is 9.82. The van der Waals surface area contributed by atoms with E-state index in [1.807, 2.05) is 0 Å². The summed E-state index contributed by atoms with van der Waals surface area (Å²) in [4.78, 5) is 19.6. The van der Waals surface area contributed by atoms with Crippen molar-refractivity contribution in [3.05, 3.63) is 0 Å². The zero-order valence-corrected chi connectivity index (χ0v) is 5.78. The summed E-state index contributed by atoms with van der Waals surface area (Å²) < 4.78 is 0. The molecule has 0 aliphatic heterocycles. The quantitative estimate of drug-likeness (QED) is 0.462. The Morgan fingerprint density at radius 3 is 2.18 bits per heavy atom. The summed E-state index contributed by atoms with van der Waals surface area (Å²) in [6.07, 6.45) is -2.14. The standard InChI is InChI=1S/C6H10O5/c7-4(3-6(10)11)1-2-5(8)9/h4,7H,1-3H2,(H,8,9)(H,10,11)/p-2. The summed E-state index contributed by atoms with van der Waals surface area (Å²) in [6, 6.07) is 0. The highest BCUT2D eigenvalue weighted by molar-refractivity contribution is 5.66. The highest BCUT2D eigenvalue weighted by Gasteiger charge is 2.03. The van der Waals surface area contributed by atoms with Crippen molar-refractivity contribution in [2.24, 2.45) is 0 Å². The monoisotopic (exact) mass is 160 g/mol. The van der Waals surface area contributed by atoms with Gasteiger partial charge in [0.05, 0.1) is 6.10 Å². The molecule has 0 fully saturated rings. The maximum atomic E-state index is 9.82. The van der Waals surface area contributed by atoms with Gasteiger partial charge in [0, 0.05) is 18.4 Å². The first-order chi connectivity index (χ1) is 5.02. The van der Waals surface area contributed by atoms with Crippen LogP contribution in [0.1, 0.15) is 19.3 Å². The number of rotatable bonds is 5. The van der Waals surface area contributed by atoms with Crippen molar-refractivity contribution in [1.29, 1.82) is 0 Å². The van der Waals surface area contributed by atoms with Gasteiger partial charge in [-0.2, -0.15) is 0 Å². The number of hydrogen-bond acceptors (Lipinski definition) is 5. The zero-order chi connectivity index (χ0) is 8.85. The molecule has 0 aromatic rings. The van der Waals surface area contributed by atoms with Crippen molar-refractivity contribution in [3.8, 4) is 0 Å². The number of aliphatic carboxylic acids is 2. The predicted molar refractivity (Wildman–Crippen MR) is 29.9 cm³/mol. The summed E-state index contributed by atoms with van der Waals surface area (Å²) in [5, 5.41) is 28.4. The lowest BCUT2D eigenvalue weighted by atomic mass is 10.1. The SMILES string of the molecule is O=C([O-])CCC(O)CC(=O)[O-]. The molecule has 0 bridgehead atoms. The first kappa shape index (κ1) is 9.90. The van der Waals surface area contributed by atoms with Gasteiger partial charge in [-0.15, -0.1) is 0 Å². The van der Waals surface area contributed by atoms with Crippen LogP contribution in [-0.4, -0.2) is 23.1 Å². The number of carboxylic acids is 2. The van der Waals surface area contributed by atoms with Crippen LogP contribution < -0.4 is 10.2 Å². The summed E-state index contributed by atoms with van der Waals surface area (Å²) in [7, 11) is 0. The molecule has 0 saturated carbocycles. The molecule has 1 N–H and O–H groups in total. The molecule has 0 spiro atoms. The second-order valence-corrected chi connectivity index (χ2v) is 2.14. The highest BCUT2D eigenvalue weighted by atomic mass is 16.4. The maximum Gasteiger partial charge on any atom is 0.0595 e. The van der Waals surface area contributed by atoms with E-state index >= 15 is 0 Å². The fraction of sp³-hybridized carbons (Fsp3) is 0.667. The molecule has 0 aliphatic rings. The Bertz CT molecular complexity index is 153. The first-order valence-electron chi connectivity index (χ1n) is 3.10. The molecule has 0 radical (unpaired) electrons. The molecule has 64 valence electrons. The molecule has 5 nitrogen and oxygen atoms in total. The van der Waals surface area contributed by atoms with Crippen LogP contribution in [0.4, 0.5) is 0 Å². The second-order valence-electron chi connectivity index (χ2n) is 2.14. The van der Waals surface area contributed by atoms with E-state index in [2.05, 4.69) is 0 Å². The molecule has 11 heavy (non-hydrogen) atoms. The molecule has 0 aliphatic carbocycles. The Hall–Kier alpha value is -1.10. The van der Waals surface area contributed by atoms with E-state index in [0.717, 1.165) is 0 Å².